The van der Waals surface area contributed by atoms with Crippen LogP contribution in [0.2, 0.25) is 0 Å². The maximum atomic E-state index is 12.8. The number of rotatable bonds is 5. The number of sulfonamides is 1. The van der Waals surface area contributed by atoms with Crippen molar-refractivity contribution in [2.45, 2.75) is 25.3 Å². The maximum Gasteiger partial charge on any atom is 0.243 e. The van der Waals surface area contributed by atoms with Crippen LogP contribution in [-0.4, -0.2) is 29.6 Å². The van der Waals surface area contributed by atoms with E-state index >= 15 is 0 Å². The highest BCUT2D eigenvalue weighted by molar-refractivity contribution is 9.10. The van der Waals surface area contributed by atoms with E-state index in [9.17, 15) is 8.42 Å². The van der Waals surface area contributed by atoms with Crippen molar-refractivity contribution < 1.29 is 8.42 Å². The molecule has 3 aromatic rings. The molecule has 1 aromatic heterocycles. The highest BCUT2D eigenvalue weighted by atomic mass is 79.9. The second kappa shape index (κ2) is 7.34. The van der Waals surface area contributed by atoms with Gasteiger partial charge in [-0.25, -0.2) is 13.1 Å². The second-order valence-corrected chi connectivity index (χ2v) is 9.07. The standard InChI is InChI=1S/C19H20BrN3O2S/c1-14-19(15(2)23(21-14)17-7-5-4-6-8-17)13-22(3)26(24,25)18-11-9-16(20)10-12-18/h4-12H,13H2,1-3H3. The van der Waals surface area contributed by atoms with Crippen LogP contribution in [0.15, 0.2) is 64.0 Å². The third kappa shape index (κ3) is 3.60. The van der Waals surface area contributed by atoms with Gasteiger partial charge in [0.1, 0.15) is 0 Å². The van der Waals surface area contributed by atoms with Gasteiger partial charge in [-0.15, -0.1) is 0 Å². The Morgan fingerprint density at radius 3 is 2.27 bits per heavy atom. The number of aryl methyl sites for hydroxylation is 1. The van der Waals surface area contributed by atoms with Gasteiger partial charge in [-0.05, 0) is 50.2 Å². The van der Waals surface area contributed by atoms with Crippen LogP contribution in [0, 0.1) is 13.8 Å². The van der Waals surface area contributed by atoms with Crippen molar-refractivity contribution in [1.82, 2.24) is 14.1 Å². The molecular formula is C19H20BrN3O2S. The van der Waals surface area contributed by atoms with Crippen molar-refractivity contribution in [2.24, 2.45) is 0 Å². The smallest absolute Gasteiger partial charge is 0.238 e. The zero-order valence-corrected chi connectivity index (χ0v) is 17.3. The Labute approximate surface area is 162 Å². The Morgan fingerprint density at radius 2 is 1.65 bits per heavy atom. The van der Waals surface area contributed by atoms with Crippen LogP contribution in [0.3, 0.4) is 0 Å². The molecule has 0 radical (unpaired) electrons. The van der Waals surface area contributed by atoms with E-state index in [1.165, 1.54) is 4.31 Å². The average Bonchev–Trinajstić information content (AvgIpc) is 2.91. The first kappa shape index (κ1) is 18.8. The molecule has 0 unspecified atom stereocenters. The maximum absolute atomic E-state index is 12.8. The zero-order chi connectivity index (χ0) is 18.9. The number of benzene rings is 2. The highest BCUT2D eigenvalue weighted by Crippen LogP contribution is 2.23. The molecule has 0 spiro atoms. The lowest BCUT2D eigenvalue weighted by Gasteiger charge is -2.17. The lowest BCUT2D eigenvalue weighted by molar-refractivity contribution is 0.465. The summed E-state index contributed by atoms with van der Waals surface area (Å²) in [6.07, 6.45) is 0. The Morgan fingerprint density at radius 1 is 1.04 bits per heavy atom. The summed E-state index contributed by atoms with van der Waals surface area (Å²) < 4.78 is 29.7. The number of para-hydroxylation sites is 1. The molecule has 26 heavy (non-hydrogen) atoms. The van der Waals surface area contributed by atoms with Crippen LogP contribution in [0.1, 0.15) is 17.0 Å². The van der Waals surface area contributed by atoms with Gasteiger partial charge in [0.05, 0.1) is 16.3 Å². The van der Waals surface area contributed by atoms with Gasteiger partial charge in [0.15, 0.2) is 0 Å². The second-order valence-electron chi connectivity index (χ2n) is 6.11. The molecule has 0 saturated carbocycles. The largest absolute Gasteiger partial charge is 0.243 e. The molecule has 0 aliphatic rings. The molecule has 1 heterocycles. The van der Waals surface area contributed by atoms with E-state index in [4.69, 9.17) is 0 Å². The van der Waals surface area contributed by atoms with Gasteiger partial charge in [0, 0.05) is 29.3 Å². The van der Waals surface area contributed by atoms with Crippen LogP contribution in [0.25, 0.3) is 5.69 Å². The lowest BCUT2D eigenvalue weighted by atomic mass is 10.2. The first-order chi connectivity index (χ1) is 12.3. The fraction of sp³-hybridized carbons (Fsp3) is 0.211. The summed E-state index contributed by atoms with van der Waals surface area (Å²) in [6, 6.07) is 16.5. The zero-order valence-electron chi connectivity index (χ0n) is 14.8. The van der Waals surface area contributed by atoms with E-state index in [0.29, 0.717) is 0 Å². The normalized spacial score (nSPS) is 11.9. The van der Waals surface area contributed by atoms with Crippen molar-refractivity contribution in [3.8, 4) is 5.69 Å². The summed E-state index contributed by atoms with van der Waals surface area (Å²) in [6.45, 7) is 4.13. The highest BCUT2D eigenvalue weighted by Gasteiger charge is 2.23. The van der Waals surface area contributed by atoms with Crippen molar-refractivity contribution in [1.29, 1.82) is 0 Å². The molecule has 0 atom stereocenters. The molecule has 0 N–H and O–H groups in total. The minimum Gasteiger partial charge on any atom is -0.238 e. The van der Waals surface area contributed by atoms with Crippen molar-refractivity contribution in [3.63, 3.8) is 0 Å². The molecule has 0 fully saturated rings. The molecule has 7 heteroatoms. The molecule has 0 aliphatic carbocycles. The van der Waals surface area contributed by atoms with Gasteiger partial charge < -0.3 is 0 Å². The summed E-state index contributed by atoms with van der Waals surface area (Å²) in [4.78, 5) is 0.272. The van der Waals surface area contributed by atoms with E-state index in [-0.39, 0.29) is 11.4 Å². The predicted molar refractivity (Wildman–Crippen MR) is 106 cm³/mol. The first-order valence-corrected chi connectivity index (χ1v) is 10.4. The molecule has 0 bridgehead atoms. The molecule has 3 rings (SSSR count). The third-order valence-corrected chi connectivity index (χ3v) is 6.69. The summed E-state index contributed by atoms with van der Waals surface area (Å²) in [7, 11) is -1.97. The lowest BCUT2D eigenvalue weighted by Crippen LogP contribution is -2.27. The van der Waals surface area contributed by atoms with Crippen LogP contribution in [0.4, 0.5) is 0 Å². The molecule has 0 aliphatic heterocycles. The van der Waals surface area contributed by atoms with Crippen molar-refractivity contribution in [3.05, 3.63) is 76.0 Å². The summed E-state index contributed by atoms with van der Waals surface area (Å²) >= 11 is 3.33. The van der Waals surface area contributed by atoms with Crippen LogP contribution >= 0.6 is 15.9 Å². The minimum absolute atomic E-state index is 0.267. The Bertz CT molecular complexity index is 1010. The quantitative estimate of drug-likeness (QED) is 0.609. The van der Waals surface area contributed by atoms with E-state index in [2.05, 4.69) is 21.0 Å². The van der Waals surface area contributed by atoms with Gasteiger partial charge in [0.25, 0.3) is 0 Å². The topological polar surface area (TPSA) is 55.2 Å². The van der Waals surface area contributed by atoms with Gasteiger partial charge in [-0.2, -0.15) is 9.40 Å². The monoisotopic (exact) mass is 433 g/mol. The molecule has 0 amide bonds. The summed E-state index contributed by atoms with van der Waals surface area (Å²) in [5.74, 6) is 0. The van der Waals surface area contributed by atoms with Gasteiger partial charge in [0.2, 0.25) is 10.0 Å². The number of hydrogen-bond acceptors (Lipinski definition) is 3. The molecule has 5 nitrogen and oxygen atoms in total. The predicted octanol–water partition coefficient (Wildman–Crippen LogP) is 4.07. The Hall–Kier alpha value is -1.96. The van der Waals surface area contributed by atoms with E-state index in [1.807, 2.05) is 48.9 Å². The number of hydrogen-bond donors (Lipinski definition) is 0. The minimum atomic E-state index is -3.57. The fourth-order valence-electron chi connectivity index (χ4n) is 2.82. The molecule has 0 saturated heterocycles. The number of aromatic nitrogens is 2. The van der Waals surface area contributed by atoms with Crippen LogP contribution < -0.4 is 0 Å². The van der Waals surface area contributed by atoms with Gasteiger partial charge in [-0.1, -0.05) is 34.1 Å². The SMILES string of the molecule is Cc1nn(-c2ccccc2)c(C)c1CN(C)S(=O)(=O)c1ccc(Br)cc1. The van der Waals surface area contributed by atoms with Crippen molar-refractivity contribution in [2.75, 3.05) is 7.05 Å². The van der Waals surface area contributed by atoms with E-state index in [1.54, 1.807) is 31.3 Å². The number of nitrogens with zero attached hydrogens (tertiary/aromatic N) is 3. The van der Waals surface area contributed by atoms with Crippen LogP contribution in [-0.2, 0) is 16.6 Å². The molecular weight excluding hydrogens is 414 g/mol. The number of halogens is 1. The van der Waals surface area contributed by atoms with Gasteiger partial charge in [-0.3, -0.25) is 0 Å². The van der Waals surface area contributed by atoms with E-state index < -0.39 is 10.0 Å². The molecule has 2 aromatic carbocycles. The first-order valence-electron chi connectivity index (χ1n) is 8.13. The van der Waals surface area contributed by atoms with Crippen molar-refractivity contribution >= 4 is 26.0 Å². The van der Waals surface area contributed by atoms with Crippen LogP contribution in [0.5, 0.6) is 0 Å². The summed E-state index contributed by atoms with van der Waals surface area (Å²) in [5, 5.41) is 4.59. The summed E-state index contributed by atoms with van der Waals surface area (Å²) in [5.41, 5.74) is 3.63. The van der Waals surface area contributed by atoms with E-state index in [0.717, 1.165) is 27.1 Å². The fourth-order valence-corrected chi connectivity index (χ4v) is 4.22. The van der Waals surface area contributed by atoms with Gasteiger partial charge >= 0.3 is 0 Å². The Kier molecular flexibility index (Phi) is 5.32. The third-order valence-electron chi connectivity index (χ3n) is 4.34. The Balaban J connectivity index is 1.91. The average molecular weight is 434 g/mol. The molecule has 136 valence electrons.